The van der Waals surface area contributed by atoms with Crippen LogP contribution in [0.3, 0.4) is 0 Å². The second-order valence-corrected chi connectivity index (χ2v) is 8.75. The number of nitrogens with one attached hydrogen (secondary N) is 1. The number of benzene rings is 1. The van der Waals surface area contributed by atoms with Crippen molar-refractivity contribution in [2.45, 2.75) is 38.6 Å². The van der Waals surface area contributed by atoms with Crippen LogP contribution in [-0.4, -0.2) is 46.4 Å². The first-order valence-electron chi connectivity index (χ1n) is 9.21. The van der Waals surface area contributed by atoms with Crippen LogP contribution in [-0.2, 0) is 14.8 Å². The van der Waals surface area contributed by atoms with Gasteiger partial charge in [0.15, 0.2) is 11.5 Å². The quantitative estimate of drug-likeness (QED) is 0.748. The molecule has 0 fully saturated rings. The normalized spacial score (nSPS) is 17.6. The third kappa shape index (κ3) is 4.74. The number of amides is 1. The number of rotatable bonds is 6. The van der Waals surface area contributed by atoms with Crippen molar-refractivity contribution in [2.24, 2.45) is 0 Å². The van der Waals surface area contributed by atoms with Crippen LogP contribution in [0.15, 0.2) is 29.8 Å². The van der Waals surface area contributed by atoms with Gasteiger partial charge in [-0.15, -0.1) is 0 Å². The van der Waals surface area contributed by atoms with Crippen molar-refractivity contribution in [3.63, 3.8) is 0 Å². The van der Waals surface area contributed by atoms with Crippen LogP contribution in [0.4, 0.5) is 5.69 Å². The smallest absolute Gasteiger partial charge is 0.243 e. The van der Waals surface area contributed by atoms with Gasteiger partial charge in [0, 0.05) is 12.6 Å². The number of hydrogen-bond acceptors (Lipinski definition) is 5. The van der Waals surface area contributed by atoms with E-state index < -0.39 is 16.1 Å². The molecule has 1 aromatic carbocycles. The van der Waals surface area contributed by atoms with Crippen LogP contribution in [0.25, 0.3) is 0 Å². The van der Waals surface area contributed by atoms with Gasteiger partial charge < -0.3 is 14.8 Å². The molecular formula is C19H26N2O5S. The highest BCUT2D eigenvalue weighted by Gasteiger charge is 2.30. The zero-order valence-corrected chi connectivity index (χ0v) is 16.5. The van der Waals surface area contributed by atoms with E-state index in [4.69, 9.17) is 9.47 Å². The maximum Gasteiger partial charge on any atom is 0.243 e. The molecule has 0 spiro atoms. The Morgan fingerprint density at radius 1 is 1.22 bits per heavy atom. The third-order valence-electron chi connectivity index (χ3n) is 4.74. The molecule has 7 nitrogen and oxygen atoms in total. The highest BCUT2D eigenvalue weighted by Crippen LogP contribution is 2.35. The summed E-state index contributed by atoms with van der Waals surface area (Å²) >= 11 is 0. The Morgan fingerprint density at radius 2 is 1.96 bits per heavy atom. The summed E-state index contributed by atoms with van der Waals surface area (Å²) in [5.41, 5.74) is 1.58. The minimum absolute atomic E-state index is 0.332. The van der Waals surface area contributed by atoms with Gasteiger partial charge in [0.05, 0.1) is 11.9 Å². The molecule has 0 saturated carbocycles. The lowest BCUT2D eigenvalue weighted by Crippen LogP contribution is -2.48. The average molecular weight is 394 g/mol. The number of nitrogens with zero attached hydrogens (tertiary/aromatic N) is 1. The Morgan fingerprint density at radius 3 is 2.63 bits per heavy atom. The van der Waals surface area contributed by atoms with Crippen molar-refractivity contribution in [1.29, 1.82) is 0 Å². The summed E-state index contributed by atoms with van der Waals surface area (Å²) in [5, 5.41) is 2.87. The Balaban J connectivity index is 1.78. The van der Waals surface area contributed by atoms with E-state index in [2.05, 4.69) is 11.4 Å². The molecule has 1 aliphatic carbocycles. The van der Waals surface area contributed by atoms with Crippen LogP contribution in [0.2, 0.25) is 0 Å². The molecule has 1 aromatic rings. The van der Waals surface area contributed by atoms with Gasteiger partial charge in [-0.1, -0.05) is 11.6 Å². The number of hydrogen-bond donors (Lipinski definition) is 1. The van der Waals surface area contributed by atoms with Crippen LogP contribution >= 0.6 is 0 Å². The maximum absolute atomic E-state index is 12.6. The Bertz CT molecular complexity index is 835. The Kier molecular flexibility index (Phi) is 5.94. The zero-order chi connectivity index (χ0) is 19.4. The predicted molar refractivity (Wildman–Crippen MR) is 104 cm³/mol. The van der Waals surface area contributed by atoms with E-state index in [1.807, 2.05) is 0 Å². The van der Waals surface area contributed by atoms with Gasteiger partial charge in [0.1, 0.15) is 19.3 Å². The fourth-order valence-electron chi connectivity index (χ4n) is 3.39. The van der Waals surface area contributed by atoms with E-state index in [9.17, 15) is 13.2 Å². The summed E-state index contributed by atoms with van der Waals surface area (Å²) in [5.74, 6) is 0.717. The molecule has 1 heterocycles. The molecule has 1 unspecified atom stereocenters. The van der Waals surface area contributed by atoms with Gasteiger partial charge in [-0.3, -0.25) is 9.10 Å². The number of allylic oxidation sites excluding steroid dienone is 1. The minimum Gasteiger partial charge on any atom is -0.486 e. The summed E-state index contributed by atoms with van der Waals surface area (Å²) in [7, 11) is -3.67. The second-order valence-electron chi connectivity index (χ2n) is 6.89. The standard InChI is InChI=1S/C19H26N2O5S/c1-14(19(22)20-13-15-6-4-3-5-7-15)21(27(2,23)24)16-8-9-17-18(12-16)26-11-10-25-17/h6,8-9,12,14H,3-5,7,10-11,13H2,1-2H3,(H,20,22). The van der Waals surface area contributed by atoms with Crippen LogP contribution in [0, 0.1) is 0 Å². The van der Waals surface area contributed by atoms with Crippen LogP contribution in [0.1, 0.15) is 32.6 Å². The van der Waals surface area contributed by atoms with Crippen LogP contribution in [0.5, 0.6) is 11.5 Å². The van der Waals surface area contributed by atoms with E-state index >= 15 is 0 Å². The molecule has 27 heavy (non-hydrogen) atoms. The van der Waals surface area contributed by atoms with Gasteiger partial charge in [-0.2, -0.15) is 0 Å². The summed E-state index contributed by atoms with van der Waals surface area (Å²) in [6.07, 6.45) is 7.57. The van der Waals surface area contributed by atoms with E-state index in [-0.39, 0.29) is 5.91 Å². The molecule has 0 bridgehead atoms. The number of anilines is 1. The molecule has 1 aliphatic heterocycles. The maximum atomic E-state index is 12.6. The highest BCUT2D eigenvalue weighted by atomic mass is 32.2. The molecule has 1 N–H and O–H groups in total. The number of carbonyl (C=O) groups excluding carboxylic acids is 1. The molecule has 1 amide bonds. The van der Waals surface area contributed by atoms with Crippen molar-refractivity contribution < 1.29 is 22.7 Å². The average Bonchev–Trinajstić information content (AvgIpc) is 2.65. The van der Waals surface area contributed by atoms with Crippen molar-refractivity contribution in [3.05, 3.63) is 29.8 Å². The molecule has 2 aliphatic rings. The van der Waals surface area contributed by atoms with Crippen molar-refractivity contribution >= 4 is 21.6 Å². The van der Waals surface area contributed by atoms with E-state index in [1.165, 1.54) is 12.0 Å². The minimum atomic E-state index is -3.67. The summed E-state index contributed by atoms with van der Waals surface area (Å²) in [6, 6.07) is 4.01. The molecular weight excluding hydrogens is 368 g/mol. The topological polar surface area (TPSA) is 84.9 Å². The van der Waals surface area contributed by atoms with Crippen molar-refractivity contribution in [1.82, 2.24) is 5.32 Å². The first kappa shape index (κ1) is 19.5. The number of carbonyl (C=O) groups is 1. The lowest BCUT2D eigenvalue weighted by Gasteiger charge is -2.29. The summed E-state index contributed by atoms with van der Waals surface area (Å²) < 4.78 is 37.0. The largest absolute Gasteiger partial charge is 0.486 e. The fourth-order valence-corrected chi connectivity index (χ4v) is 4.56. The van der Waals surface area contributed by atoms with E-state index in [0.29, 0.717) is 36.9 Å². The third-order valence-corrected chi connectivity index (χ3v) is 5.99. The zero-order valence-electron chi connectivity index (χ0n) is 15.7. The number of ether oxygens (including phenoxy) is 2. The SMILES string of the molecule is CC(C(=O)NCC1=CCCCC1)N(c1ccc2c(c1)OCCO2)S(C)(=O)=O. The van der Waals surface area contributed by atoms with Crippen molar-refractivity contribution in [2.75, 3.05) is 30.3 Å². The van der Waals surface area contributed by atoms with Gasteiger partial charge in [-0.25, -0.2) is 8.42 Å². The second kappa shape index (κ2) is 8.21. The summed E-state index contributed by atoms with van der Waals surface area (Å²) in [4.78, 5) is 12.6. The predicted octanol–water partition coefficient (Wildman–Crippen LogP) is 2.23. The Labute approximate surface area is 160 Å². The molecule has 0 saturated heterocycles. The number of fused-ring (bicyclic) bond motifs is 1. The monoisotopic (exact) mass is 394 g/mol. The van der Waals surface area contributed by atoms with E-state index in [0.717, 1.165) is 29.8 Å². The first-order valence-corrected chi connectivity index (χ1v) is 11.1. The fraction of sp³-hybridized carbons (Fsp3) is 0.526. The van der Waals surface area contributed by atoms with Gasteiger partial charge in [0.25, 0.3) is 0 Å². The molecule has 0 radical (unpaired) electrons. The molecule has 0 aromatic heterocycles. The summed E-state index contributed by atoms with van der Waals surface area (Å²) in [6.45, 7) is 2.90. The van der Waals surface area contributed by atoms with Crippen LogP contribution < -0.4 is 19.1 Å². The van der Waals surface area contributed by atoms with Gasteiger partial charge in [-0.05, 0) is 44.7 Å². The Hall–Kier alpha value is -2.22. The molecule has 8 heteroatoms. The van der Waals surface area contributed by atoms with Gasteiger partial charge in [0.2, 0.25) is 15.9 Å². The first-order chi connectivity index (χ1) is 12.9. The van der Waals surface area contributed by atoms with Gasteiger partial charge >= 0.3 is 0 Å². The van der Waals surface area contributed by atoms with E-state index in [1.54, 1.807) is 25.1 Å². The number of sulfonamides is 1. The lowest BCUT2D eigenvalue weighted by molar-refractivity contribution is -0.121. The molecule has 1 atom stereocenters. The highest BCUT2D eigenvalue weighted by molar-refractivity contribution is 7.92. The lowest BCUT2D eigenvalue weighted by atomic mass is 10.00. The molecule has 148 valence electrons. The molecule has 3 rings (SSSR count). The van der Waals surface area contributed by atoms with Crippen molar-refractivity contribution in [3.8, 4) is 11.5 Å².